The van der Waals surface area contributed by atoms with Gasteiger partial charge in [0.2, 0.25) is 23.1 Å². The third kappa shape index (κ3) is 7.49. The Labute approximate surface area is 337 Å². The van der Waals surface area contributed by atoms with Gasteiger partial charge in [0.1, 0.15) is 0 Å². The van der Waals surface area contributed by atoms with Crippen LogP contribution in [0.5, 0.6) is 0 Å². The van der Waals surface area contributed by atoms with Crippen LogP contribution in [0.4, 0.5) is 0 Å². The van der Waals surface area contributed by atoms with Crippen LogP contribution < -0.4 is 9.00 Å². The molecule has 0 saturated carbocycles. The Morgan fingerprint density at radius 1 is 0.389 bits per heavy atom. The van der Waals surface area contributed by atoms with Gasteiger partial charge in [0.05, 0.1) is 35.7 Å². The average molecular weight is 823 g/mol. The van der Waals surface area contributed by atoms with Gasteiger partial charge in [-0.25, -0.2) is 0 Å². The Kier molecular flexibility index (Phi) is 11.0. The number of carbonyl (C=O) groups excluding carboxylic acids is 4. The van der Waals surface area contributed by atoms with E-state index in [0.29, 0.717) is 41.8 Å². The van der Waals surface area contributed by atoms with Gasteiger partial charge in [0, 0.05) is 32.0 Å². The number of ketones is 4. The highest BCUT2D eigenvalue weighted by Gasteiger charge is 2.39. The largest absolute Gasteiger partial charge is 0.288 e. The van der Waals surface area contributed by atoms with Gasteiger partial charge >= 0.3 is 0 Å². The van der Waals surface area contributed by atoms with Gasteiger partial charge in [-0.2, -0.15) is 0 Å². The molecule has 0 atom stereocenters. The van der Waals surface area contributed by atoms with E-state index in [2.05, 4.69) is 79.9 Å². The van der Waals surface area contributed by atoms with E-state index in [9.17, 15) is 19.2 Å². The second-order valence-electron chi connectivity index (χ2n) is 16.8. The molecule has 0 amide bonds. The third-order valence-corrected chi connectivity index (χ3v) is 29.5. The number of carbonyl (C=O) groups is 4. The van der Waals surface area contributed by atoms with Crippen molar-refractivity contribution in [1.29, 1.82) is 0 Å². The lowest BCUT2D eigenvalue weighted by Crippen LogP contribution is -2.47. The van der Waals surface area contributed by atoms with Gasteiger partial charge in [-0.3, -0.25) is 19.2 Å². The zero-order valence-corrected chi connectivity index (χ0v) is 37.8. The minimum Gasteiger partial charge on any atom is -0.288 e. The fourth-order valence-corrected chi connectivity index (χ4v) is 16.3. The first kappa shape index (κ1) is 40.0. The molecule has 0 N–H and O–H groups in total. The number of hydrogen-bond donors (Lipinski definition) is 0. The molecule has 0 aliphatic carbocycles. The molecule has 4 heterocycles. The number of hydrogen-bond acceptors (Lipinski definition) is 8. The van der Waals surface area contributed by atoms with Gasteiger partial charge in [0.15, 0.2) is 0 Å². The zero-order valence-electron chi connectivity index (χ0n) is 32.5. The minimum absolute atomic E-state index is 0.138. The van der Waals surface area contributed by atoms with Crippen molar-refractivity contribution in [3.05, 3.63) is 139 Å². The van der Waals surface area contributed by atoms with E-state index in [0.717, 1.165) is 9.75 Å². The molecule has 6 aromatic rings. The number of rotatable bonds is 11. The van der Waals surface area contributed by atoms with E-state index in [4.69, 9.17) is 0 Å². The predicted molar refractivity (Wildman–Crippen MR) is 237 cm³/mol. The van der Waals surface area contributed by atoms with Gasteiger partial charge in [-0.1, -0.05) is 128 Å². The maximum absolute atomic E-state index is 14.0. The van der Waals surface area contributed by atoms with Gasteiger partial charge in [-0.15, -0.1) is 45.3 Å². The van der Waals surface area contributed by atoms with Crippen LogP contribution in [0.1, 0.15) is 102 Å². The first-order valence-electron chi connectivity index (χ1n) is 18.0. The molecule has 0 saturated heterocycles. The molecule has 0 aliphatic rings. The molecule has 0 bridgehead atoms. The molecule has 0 spiro atoms. The molecule has 0 aliphatic heterocycles. The summed E-state index contributed by atoms with van der Waals surface area (Å²) < 4.78 is 2.54. The molecule has 278 valence electrons. The maximum Gasteiger partial charge on any atom is 0.203 e. The van der Waals surface area contributed by atoms with Crippen molar-refractivity contribution in [3.63, 3.8) is 0 Å². The summed E-state index contributed by atoms with van der Waals surface area (Å²) >= 11 is 5.80. The fourth-order valence-electron chi connectivity index (χ4n) is 5.80. The molecule has 0 fully saturated rings. The lowest BCUT2D eigenvalue weighted by atomic mass is 9.98. The van der Waals surface area contributed by atoms with Crippen molar-refractivity contribution in [2.75, 3.05) is 0 Å². The Morgan fingerprint density at radius 2 is 0.648 bits per heavy atom. The molecule has 4 aromatic heterocycles. The SMILES string of the molecule is CC(C)(C)[Si](C)(C)c1ccc(C(=O)c2ccccc2C(=O)c2ccc(-c3ccc(C(=O)c4ccccc4C(=O)c4ccc([Si](C)(C)C(C)(C)C)s4)s3)s2)s1. The van der Waals surface area contributed by atoms with E-state index < -0.39 is 16.1 Å². The second kappa shape index (κ2) is 14.8. The maximum atomic E-state index is 14.0. The van der Waals surface area contributed by atoms with Crippen LogP contribution in [-0.4, -0.2) is 39.3 Å². The normalized spacial score (nSPS) is 12.6. The quantitative estimate of drug-likeness (QED) is 0.0964. The van der Waals surface area contributed by atoms with E-state index in [1.54, 1.807) is 83.3 Å². The van der Waals surface area contributed by atoms with Crippen LogP contribution in [0, 0.1) is 0 Å². The summed E-state index contributed by atoms with van der Waals surface area (Å²) in [5, 5.41) is 0.283. The summed E-state index contributed by atoms with van der Waals surface area (Å²) in [6, 6.07) is 29.5. The molecule has 6 rings (SSSR count). The van der Waals surface area contributed by atoms with Gasteiger partial charge in [0.25, 0.3) is 0 Å². The van der Waals surface area contributed by atoms with Crippen molar-refractivity contribution >= 4 is 93.6 Å². The highest BCUT2D eigenvalue weighted by atomic mass is 32.1. The highest BCUT2D eigenvalue weighted by molar-refractivity contribution is 7.29. The summed E-state index contributed by atoms with van der Waals surface area (Å²) in [5.74, 6) is -0.689. The Morgan fingerprint density at radius 3 is 0.926 bits per heavy atom. The van der Waals surface area contributed by atoms with E-state index in [-0.39, 0.29) is 33.2 Å². The predicted octanol–water partition coefficient (Wildman–Crippen LogP) is 12.0. The summed E-state index contributed by atoms with van der Waals surface area (Å²) in [4.78, 5) is 59.6. The summed E-state index contributed by atoms with van der Waals surface area (Å²) in [5.41, 5.74) is 1.56. The summed E-state index contributed by atoms with van der Waals surface area (Å²) in [6.45, 7) is 22.9. The Hall–Kier alpha value is -3.65. The van der Waals surface area contributed by atoms with E-state index in [1.165, 1.54) is 31.7 Å². The Bertz CT molecular complexity index is 2240. The summed E-state index contributed by atoms with van der Waals surface area (Å²) in [6.07, 6.45) is 0. The second-order valence-corrected chi connectivity index (χ2v) is 32.5. The third-order valence-electron chi connectivity index (χ3n) is 11.4. The van der Waals surface area contributed by atoms with Gasteiger partial charge in [-0.05, 0) is 55.5 Å². The van der Waals surface area contributed by atoms with Crippen molar-refractivity contribution in [2.24, 2.45) is 0 Å². The van der Waals surface area contributed by atoms with Gasteiger partial charge < -0.3 is 0 Å². The standard InChI is InChI=1S/C44H46O4S4Si2/c1-43(2,3)53(7,8)37-25-23-35(51-37)41(47)29-17-13-11-15-27(29)39(45)33-21-19-31(49-33)32-20-22-34(50-32)40(46)28-16-12-14-18-30(28)42(48)36-24-26-38(52-36)54(9,10)44(4,5)6/h11-26H,1-10H3. The van der Waals surface area contributed by atoms with Crippen molar-refractivity contribution < 1.29 is 19.2 Å². The van der Waals surface area contributed by atoms with Crippen LogP contribution in [0.25, 0.3) is 9.75 Å². The monoisotopic (exact) mass is 822 g/mol. The van der Waals surface area contributed by atoms with Crippen LogP contribution in [0.2, 0.25) is 36.3 Å². The first-order valence-corrected chi connectivity index (χ1v) is 27.3. The van der Waals surface area contributed by atoms with Crippen molar-refractivity contribution in [1.82, 2.24) is 0 Å². The van der Waals surface area contributed by atoms with Crippen LogP contribution in [0.15, 0.2) is 97.1 Å². The molecule has 0 unspecified atom stereocenters. The van der Waals surface area contributed by atoms with Crippen LogP contribution in [0.3, 0.4) is 0 Å². The molecule has 4 nitrogen and oxygen atoms in total. The topological polar surface area (TPSA) is 68.3 Å². The fraction of sp³-hybridized carbons (Fsp3) is 0.273. The molecule has 0 radical (unpaired) electrons. The smallest absolute Gasteiger partial charge is 0.203 e. The number of thiophene rings is 4. The van der Waals surface area contributed by atoms with Crippen LogP contribution in [-0.2, 0) is 0 Å². The van der Waals surface area contributed by atoms with Crippen molar-refractivity contribution in [3.8, 4) is 9.75 Å². The van der Waals surface area contributed by atoms with Crippen molar-refractivity contribution in [2.45, 2.75) is 77.8 Å². The zero-order chi connectivity index (χ0) is 39.4. The lowest BCUT2D eigenvalue weighted by Gasteiger charge is -2.35. The minimum atomic E-state index is -1.81. The first-order chi connectivity index (χ1) is 25.2. The van der Waals surface area contributed by atoms with E-state index >= 15 is 0 Å². The molecular formula is C44H46O4S4Si2. The molecule has 54 heavy (non-hydrogen) atoms. The number of benzene rings is 2. The highest BCUT2D eigenvalue weighted by Crippen LogP contribution is 2.39. The van der Waals surface area contributed by atoms with Crippen LogP contribution >= 0.6 is 45.3 Å². The molecule has 2 aromatic carbocycles. The lowest BCUT2D eigenvalue weighted by molar-refractivity contribution is 0.101. The van der Waals surface area contributed by atoms with E-state index in [1.807, 2.05) is 24.3 Å². The Balaban J connectivity index is 1.22. The molecular weight excluding hydrogens is 777 g/mol. The molecule has 10 heteroatoms. The average Bonchev–Trinajstić information content (AvgIpc) is 3.96. The summed E-state index contributed by atoms with van der Waals surface area (Å²) in [7, 11) is -3.63.